The number of imidazole rings is 1. The summed E-state index contributed by atoms with van der Waals surface area (Å²) in [5, 5.41) is 1.21. The lowest BCUT2D eigenvalue weighted by molar-refractivity contribution is 0.0613. The van der Waals surface area contributed by atoms with E-state index >= 15 is 0 Å². The number of aryl methyl sites for hydroxylation is 2. The van der Waals surface area contributed by atoms with Gasteiger partial charge in [0.25, 0.3) is 5.91 Å². The van der Waals surface area contributed by atoms with Crippen LogP contribution in [0.3, 0.4) is 0 Å². The Hall–Kier alpha value is -2.83. The summed E-state index contributed by atoms with van der Waals surface area (Å²) in [6.07, 6.45) is 1.92. The lowest BCUT2D eigenvalue weighted by atomic mass is 9.99. The van der Waals surface area contributed by atoms with Gasteiger partial charge in [0.2, 0.25) is 0 Å². The van der Waals surface area contributed by atoms with Gasteiger partial charge >= 0.3 is 0 Å². The third-order valence-corrected chi connectivity index (χ3v) is 6.66. The molecular formula is C25H30ClN5O. The smallest absolute Gasteiger partial charge is 0.254 e. The third-order valence-electron chi connectivity index (χ3n) is 6.66. The molecule has 2 aromatic heterocycles. The number of likely N-dealkylation sites (tertiary alicyclic amines) is 1. The van der Waals surface area contributed by atoms with Gasteiger partial charge in [-0.1, -0.05) is 18.2 Å². The fraction of sp³-hybridized carbons (Fsp3) is 0.360. The van der Waals surface area contributed by atoms with Crippen molar-refractivity contribution in [3.05, 3.63) is 54.1 Å². The van der Waals surface area contributed by atoms with Crippen LogP contribution >= 0.6 is 12.4 Å². The minimum Gasteiger partial charge on any atom is -0.338 e. The van der Waals surface area contributed by atoms with Crippen molar-refractivity contribution in [2.75, 3.05) is 6.54 Å². The van der Waals surface area contributed by atoms with Gasteiger partial charge in [-0.3, -0.25) is 4.79 Å². The van der Waals surface area contributed by atoms with Crippen molar-refractivity contribution >= 4 is 40.3 Å². The van der Waals surface area contributed by atoms with E-state index in [4.69, 9.17) is 10.7 Å². The number of halogens is 1. The van der Waals surface area contributed by atoms with Crippen LogP contribution in [0, 0.1) is 0 Å². The van der Waals surface area contributed by atoms with Crippen molar-refractivity contribution in [1.82, 2.24) is 19.0 Å². The van der Waals surface area contributed by atoms with Crippen LogP contribution in [0.15, 0.2) is 48.5 Å². The van der Waals surface area contributed by atoms with Gasteiger partial charge < -0.3 is 19.8 Å². The van der Waals surface area contributed by atoms with E-state index in [2.05, 4.69) is 53.3 Å². The molecule has 2 atom stereocenters. The second-order valence-corrected chi connectivity index (χ2v) is 8.67. The molecule has 0 bridgehead atoms. The average molecular weight is 452 g/mol. The van der Waals surface area contributed by atoms with Crippen molar-refractivity contribution in [1.29, 1.82) is 0 Å². The lowest BCUT2D eigenvalue weighted by Crippen LogP contribution is -2.50. The number of aromatic nitrogens is 3. The van der Waals surface area contributed by atoms with E-state index < -0.39 is 0 Å². The van der Waals surface area contributed by atoms with E-state index in [0.717, 1.165) is 41.9 Å². The Morgan fingerprint density at radius 2 is 1.91 bits per heavy atom. The minimum atomic E-state index is 0. The van der Waals surface area contributed by atoms with E-state index in [1.54, 1.807) is 0 Å². The molecule has 3 heterocycles. The summed E-state index contributed by atoms with van der Waals surface area (Å²) in [4.78, 5) is 20.1. The SMILES string of the molecule is CCn1c(-c2nc3cc(C(=O)N4CC(N)CCC4C)ccc3n2C)cc2ccccc21.Cl. The molecule has 0 saturated carbocycles. The fourth-order valence-corrected chi connectivity index (χ4v) is 4.88. The number of hydrogen-bond acceptors (Lipinski definition) is 3. The number of hydrogen-bond donors (Lipinski definition) is 1. The number of carbonyl (C=O) groups is 1. The normalized spacial score (nSPS) is 18.8. The molecule has 1 saturated heterocycles. The molecule has 0 aliphatic carbocycles. The summed E-state index contributed by atoms with van der Waals surface area (Å²) in [6.45, 7) is 5.73. The van der Waals surface area contributed by atoms with Gasteiger partial charge in [0.15, 0.2) is 5.82 Å². The summed E-state index contributed by atoms with van der Waals surface area (Å²) in [5.74, 6) is 0.949. The Morgan fingerprint density at radius 1 is 1.12 bits per heavy atom. The zero-order valence-electron chi connectivity index (χ0n) is 18.8. The number of rotatable bonds is 3. The highest BCUT2D eigenvalue weighted by atomic mass is 35.5. The Labute approximate surface area is 194 Å². The summed E-state index contributed by atoms with van der Waals surface area (Å²) in [6, 6.07) is 16.7. The maximum atomic E-state index is 13.2. The van der Waals surface area contributed by atoms with Crippen LogP contribution in [0.4, 0.5) is 0 Å². The van der Waals surface area contributed by atoms with Gasteiger partial charge in [0.05, 0.1) is 16.7 Å². The van der Waals surface area contributed by atoms with Gasteiger partial charge in [0, 0.05) is 48.7 Å². The van der Waals surface area contributed by atoms with Crippen LogP contribution in [0.25, 0.3) is 33.5 Å². The second-order valence-electron chi connectivity index (χ2n) is 8.67. The van der Waals surface area contributed by atoms with Gasteiger partial charge in [-0.25, -0.2) is 4.98 Å². The minimum absolute atomic E-state index is 0. The summed E-state index contributed by atoms with van der Waals surface area (Å²) in [7, 11) is 2.04. The van der Waals surface area contributed by atoms with Crippen LogP contribution in [-0.2, 0) is 13.6 Å². The Morgan fingerprint density at radius 3 is 2.69 bits per heavy atom. The van der Waals surface area contributed by atoms with Crippen LogP contribution in [0.1, 0.15) is 37.0 Å². The highest BCUT2D eigenvalue weighted by Crippen LogP contribution is 2.30. The average Bonchev–Trinajstić information content (AvgIpc) is 3.31. The fourth-order valence-electron chi connectivity index (χ4n) is 4.88. The zero-order chi connectivity index (χ0) is 21.7. The number of amides is 1. The van der Waals surface area contributed by atoms with Gasteiger partial charge in [0.1, 0.15) is 0 Å². The molecule has 168 valence electrons. The Kier molecular flexibility index (Phi) is 6.01. The van der Waals surface area contributed by atoms with Crippen LogP contribution in [0.5, 0.6) is 0 Å². The monoisotopic (exact) mass is 451 g/mol. The number of benzene rings is 2. The largest absolute Gasteiger partial charge is 0.338 e. The first-order valence-corrected chi connectivity index (χ1v) is 11.1. The number of piperidine rings is 1. The summed E-state index contributed by atoms with van der Waals surface area (Å²) in [5.41, 5.74) is 11.0. The van der Waals surface area contributed by atoms with Crippen molar-refractivity contribution in [2.45, 2.75) is 45.3 Å². The van der Waals surface area contributed by atoms with E-state index in [1.165, 1.54) is 10.9 Å². The Balaban J connectivity index is 0.00000245. The Bertz CT molecular complexity index is 1290. The summed E-state index contributed by atoms with van der Waals surface area (Å²) < 4.78 is 4.41. The third kappa shape index (κ3) is 3.57. The molecule has 2 aromatic carbocycles. The van der Waals surface area contributed by atoms with Crippen LogP contribution < -0.4 is 5.73 Å². The molecule has 6 nitrogen and oxygen atoms in total. The predicted molar refractivity (Wildman–Crippen MR) is 132 cm³/mol. The van der Waals surface area contributed by atoms with E-state index in [9.17, 15) is 4.79 Å². The predicted octanol–water partition coefficient (Wildman–Crippen LogP) is 4.59. The first-order chi connectivity index (χ1) is 15.0. The number of para-hydroxylation sites is 1. The number of nitrogens with two attached hydrogens (primary N) is 1. The van der Waals surface area contributed by atoms with E-state index in [0.29, 0.717) is 12.1 Å². The number of nitrogens with zero attached hydrogens (tertiary/aromatic N) is 4. The highest BCUT2D eigenvalue weighted by Gasteiger charge is 2.28. The topological polar surface area (TPSA) is 69.1 Å². The zero-order valence-corrected chi connectivity index (χ0v) is 19.6. The van der Waals surface area contributed by atoms with Gasteiger partial charge in [-0.15, -0.1) is 12.4 Å². The first kappa shape index (κ1) is 22.4. The lowest BCUT2D eigenvalue weighted by Gasteiger charge is -2.36. The first-order valence-electron chi connectivity index (χ1n) is 11.1. The summed E-state index contributed by atoms with van der Waals surface area (Å²) >= 11 is 0. The van der Waals surface area contributed by atoms with E-state index in [-0.39, 0.29) is 30.4 Å². The molecule has 0 spiro atoms. The van der Waals surface area contributed by atoms with Crippen molar-refractivity contribution in [3.8, 4) is 11.5 Å². The molecule has 1 amide bonds. The standard InChI is InChI=1S/C25H29N5O.ClH/c1-4-29-21-8-6-5-7-17(21)14-23(29)24-27-20-13-18(10-12-22(20)28(24)3)25(31)30-15-19(26)11-9-16(30)2;/h5-8,10,12-14,16,19H,4,9,11,15,26H2,1-3H3;1H. The van der Waals surface area contributed by atoms with Crippen molar-refractivity contribution in [3.63, 3.8) is 0 Å². The molecule has 1 aliphatic heterocycles. The second kappa shape index (κ2) is 8.60. The molecule has 2 N–H and O–H groups in total. The molecule has 2 unspecified atom stereocenters. The van der Waals surface area contributed by atoms with Crippen molar-refractivity contribution in [2.24, 2.45) is 12.8 Å². The van der Waals surface area contributed by atoms with Crippen LogP contribution in [-0.4, -0.2) is 43.6 Å². The maximum Gasteiger partial charge on any atom is 0.254 e. The molecule has 0 radical (unpaired) electrons. The molecule has 7 heteroatoms. The molecule has 1 aliphatic rings. The van der Waals surface area contributed by atoms with Crippen molar-refractivity contribution < 1.29 is 4.79 Å². The number of fused-ring (bicyclic) bond motifs is 2. The highest BCUT2D eigenvalue weighted by molar-refractivity contribution is 5.98. The molecule has 1 fully saturated rings. The number of carbonyl (C=O) groups excluding carboxylic acids is 1. The maximum absolute atomic E-state index is 13.2. The molecule has 5 rings (SSSR count). The molecule has 4 aromatic rings. The van der Waals surface area contributed by atoms with Crippen LogP contribution in [0.2, 0.25) is 0 Å². The molecule has 32 heavy (non-hydrogen) atoms. The van der Waals surface area contributed by atoms with Gasteiger partial charge in [-0.05, 0) is 57.0 Å². The molecular weight excluding hydrogens is 422 g/mol. The van der Waals surface area contributed by atoms with Gasteiger partial charge in [-0.2, -0.15) is 0 Å². The van der Waals surface area contributed by atoms with E-state index in [1.807, 2.05) is 30.1 Å². The quantitative estimate of drug-likeness (QED) is 0.495.